The number of alkyl halides is 1. The lowest BCUT2D eigenvalue weighted by molar-refractivity contribution is -0.131. The van der Waals surface area contributed by atoms with Crippen LogP contribution in [0.1, 0.15) is 25.7 Å². The molecule has 8 nitrogen and oxygen atoms in total. The number of nitrogens with one attached hydrogen (secondary N) is 1. The Hall–Kier alpha value is -3.20. The van der Waals surface area contributed by atoms with Crippen LogP contribution in [0, 0.1) is 5.41 Å². The van der Waals surface area contributed by atoms with Crippen molar-refractivity contribution in [2.45, 2.75) is 38.3 Å². The molecule has 0 unspecified atom stereocenters. The molecule has 172 valence electrons. The molecule has 1 aliphatic heterocycles. The third kappa shape index (κ3) is 3.51. The average Bonchev–Trinajstić information content (AvgIpc) is 3.42. The molecule has 0 radical (unpaired) electrons. The first-order valence-corrected chi connectivity index (χ1v) is 11.5. The first kappa shape index (κ1) is 20.4. The Balaban J connectivity index is 1.31. The van der Waals surface area contributed by atoms with Crippen molar-refractivity contribution < 1.29 is 13.9 Å². The molecule has 1 spiro atoms. The van der Waals surface area contributed by atoms with Crippen molar-refractivity contribution in [2.75, 3.05) is 32.3 Å². The van der Waals surface area contributed by atoms with E-state index >= 15 is 0 Å². The van der Waals surface area contributed by atoms with E-state index < -0.39 is 6.67 Å². The summed E-state index contributed by atoms with van der Waals surface area (Å²) in [6.07, 6.45) is 8.15. The van der Waals surface area contributed by atoms with Crippen LogP contribution in [0.3, 0.4) is 0 Å². The van der Waals surface area contributed by atoms with E-state index in [0.29, 0.717) is 23.3 Å². The molecule has 3 aromatic heterocycles. The minimum Gasteiger partial charge on any atom is -0.479 e. The van der Waals surface area contributed by atoms with Gasteiger partial charge in [0.2, 0.25) is 11.8 Å². The largest absolute Gasteiger partial charge is 0.479 e. The number of ether oxygens (including phenoxy) is 2. The Morgan fingerprint density at radius 3 is 2.82 bits per heavy atom. The minimum atomic E-state index is -0.432. The highest BCUT2D eigenvalue weighted by atomic mass is 19.1. The number of nitrogens with zero attached hydrogens (tertiary/aromatic N) is 5. The summed E-state index contributed by atoms with van der Waals surface area (Å²) in [6, 6.07) is 8.36. The third-order valence-electron chi connectivity index (χ3n) is 7.13. The number of imidazole rings is 1. The molecule has 1 N–H and O–H groups in total. The summed E-state index contributed by atoms with van der Waals surface area (Å²) in [5.74, 6) is 1.09. The van der Waals surface area contributed by atoms with Gasteiger partial charge in [-0.25, -0.2) is 13.9 Å². The Morgan fingerprint density at radius 2 is 2.09 bits per heavy atom. The molecule has 0 bridgehead atoms. The lowest BCUT2D eigenvalue weighted by atomic mass is 9.71. The minimum absolute atomic E-state index is 0.285. The number of aromatic nitrogens is 5. The lowest BCUT2D eigenvalue weighted by Crippen LogP contribution is -2.47. The van der Waals surface area contributed by atoms with Crippen LogP contribution in [-0.2, 0) is 11.3 Å². The van der Waals surface area contributed by atoms with E-state index in [1.165, 1.54) is 12.8 Å². The van der Waals surface area contributed by atoms with Gasteiger partial charge in [0.05, 0.1) is 44.2 Å². The maximum absolute atomic E-state index is 12.9. The molecular formula is C24H27FN6O2. The molecule has 2 fully saturated rings. The predicted octanol–water partition coefficient (Wildman–Crippen LogP) is 4.10. The molecule has 0 amide bonds. The van der Waals surface area contributed by atoms with Crippen molar-refractivity contribution in [1.29, 1.82) is 0 Å². The summed E-state index contributed by atoms with van der Waals surface area (Å²) in [4.78, 5) is 9.05. The van der Waals surface area contributed by atoms with Gasteiger partial charge in [-0.15, -0.1) is 5.10 Å². The van der Waals surface area contributed by atoms with Crippen molar-refractivity contribution >= 4 is 22.5 Å². The van der Waals surface area contributed by atoms with E-state index in [4.69, 9.17) is 14.6 Å². The summed E-state index contributed by atoms with van der Waals surface area (Å²) in [5.41, 5.74) is 4.89. The Kier molecular flexibility index (Phi) is 4.94. The van der Waals surface area contributed by atoms with Crippen LogP contribution in [0.15, 0.2) is 36.8 Å². The summed E-state index contributed by atoms with van der Waals surface area (Å²) >= 11 is 0. The average molecular weight is 451 g/mol. The topological polar surface area (TPSA) is 78.5 Å². The quantitative estimate of drug-likeness (QED) is 0.477. The molecule has 1 aromatic carbocycles. The second kappa shape index (κ2) is 7.98. The molecule has 33 heavy (non-hydrogen) atoms. The number of hydrogen-bond acceptors (Lipinski definition) is 6. The van der Waals surface area contributed by atoms with Crippen LogP contribution < -0.4 is 10.1 Å². The maximum atomic E-state index is 12.9. The van der Waals surface area contributed by atoms with Gasteiger partial charge in [-0.2, -0.15) is 4.98 Å². The Labute approximate surface area is 190 Å². The van der Waals surface area contributed by atoms with Crippen molar-refractivity contribution in [3.63, 3.8) is 0 Å². The van der Waals surface area contributed by atoms with Gasteiger partial charge >= 0.3 is 0 Å². The summed E-state index contributed by atoms with van der Waals surface area (Å²) in [5, 5.41) is 8.23. The summed E-state index contributed by atoms with van der Waals surface area (Å²) < 4.78 is 27.7. The van der Waals surface area contributed by atoms with Gasteiger partial charge in [-0.3, -0.25) is 0 Å². The van der Waals surface area contributed by atoms with Crippen molar-refractivity contribution in [3.8, 4) is 17.0 Å². The van der Waals surface area contributed by atoms with Crippen LogP contribution in [-0.4, -0.2) is 57.2 Å². The smallest absolute Gasteiger partial charge is 0.244 e. The van der Waals surface area contributed by atoms with Crippen LogP contribution in [0.2, 0.25) is 0 Å². The number of halogens is 1. The van der Waals surface area contributed by atoms with Crippen LogP contribution in [0.25, 0.3) is 27.7 Å². The highest BCUT2D eigenvalue weighted by molar-refractivity contribution is 5.89. The Morgan fingerprint density at radius 1 is 1.24 bits per heavy atom. The number of aryl methyl sites for hydroxylation is 1. The van der Waals surface area contributed by atoms with Crippen LogP contribution in [0.4, 0.5) is 10.3 Å². The molecule has 2 aliphatic rings. The van der Waals surface area contributed by atoms with E-state index in [1.54, 1.807) is 13.4 Å². The molecule has 0 atom stereocenters. The maximum Gasteiger partial charge on any atom is 0.244 e. The van der Waals surface area contributed by atoms with Crippen molar-refractivity contribution in [2.24, 2.45) is 5.41 Å². The normalized spacial score (nSPS) is 18.1. The highest BCUT2D eigenvalue weighted by Crippen LogP contribution is 2.42. The molecule has 1 aliphatic carbocycles. The van der Waals surface area contributed by atoms with Crippen molar-refractivity contribution in [3.05, 3.63) is 36.8 Å². The molecular weight excluding hydrogens is 423 g/mol. The van der Waals surface area contributed by atoms with Gasteiger partial charge in [0, 0.05) is 23.2 Å². The monoisotopic (exact) mass is 450 g/mol. The molecule has 4 heterocycles. The zero-order chi connectivity index (χ0) is 22.4. The fraction of sp³-hybridized carbons (Fsp3) is 0.458. The zero-order valence-corrected chi connectivity index (χ0v) is 18.6. The highest BCUT2D eigenvalue weighted by Gasteiger charge is 2.41. The number of methoxy groups -OCH3 is 1. The van der Waals surface area contributed by atoms with E-state index in [9.17, 15) is 4.39 Å². The van der Waals surface area contributed by atoms with E-state index in [-0.39, 0.29) is 6.54 Å². The van der Waals surface area contributed by atoms with Gasteiger partial charge < -0.3 is 19.4 Å². The van der Waals surface area contributed by atoms with Crippen LogP contribution >= 0.6 is 0 Å². The molecule has 4 aromatic rings. The second-order valence-corrected chi connectivity index (χ2v) is 9.21. The first-order chi connectivity index (χ1) is 16.2. The van der Waals surface area contributed by atoms with Gasteiger partial charge in [0.25, 0.3) is 0 Å². The summed E-state index contributed by atoms with van der Waals surface area (Å²) in [7, 11) is 1.63. The third-order valence-corrected chi connectivity index (χ3v) is 7.13. The lowest BCUT2D eigenvalue weighted by Gasteiger charge is -2.46. The fourth-order valence-electron chi connectivity index (χ4n) is 5.16. The number of hydrogen-bond donors (Lipinski definition) is 1. The zero-order valence-electron chi connectivity index (χ0n) is 18.6. The van der Waals surface area contributed by atoms with Crippen molar-refractivity contribution in [1.82, 2.24) is 24.1 Å². The summed E-state index contributed by atoms with van der Waals surface area (Å²) in [6.45, 7) is 1.66. The van der Waals surface area contributed by atoms with E-state index in [2.05, 4.69) is 15.3 Å². The van der Waals surface area contributed by atoms with Gasteiger partial charge in [0.1, 0.15) is 12.2 Å². The SMILES string of the molecule is COc1nc(NC2CCC3(CC2)COC3)nn2ccc(-c3ccc4ncn(CCF)c4c3)c12. The molecule has 9 heteroatoms. The fourth-order valence-corrected chi connectivity index (χ4v) is 5.16. The molecule has 1 saturated carbocycles. The number of anilines is 1. The predicted molar refractivity (Wildman–Crippen MR) is 123 cm³/mol. The van der Waals surface area contributed by atoms with Gasteiger partial charge in [-0.05, 0) is 49.4 Å². The Bertz CT molecular complexity index is 1300. The first-order valence-electron chi connectivity index (χ1n) is 11.5. The van der Waals surface area contributed by atoms with E-state index in [1.807, 2.05) is 39.5 Å². The molecule has 1 saturated heterocycles. The van der Waals surface area contributed by atoms with Gasteiger partial charge in [0.15, 0.2) is 0 Å². The number of benzene rings is 1. The second-order valence-electron chi connectivity index (χ2n) is 9.21. The number of fused-ring (bicyclic) bond motifs is 2. The van der Waals surface area contributed by atoms with E-state index in [0.717, 1.165) is 53.7 Å². The van der Waals surface area contributed by atoms with Crippen LogP contribution in [0.5, 0.6) is 5.88 Å². The van der Waals surface area contributed by atoms with Gasteiger partial charge in [-0.1, -0.05) is 6.07 Å². The number of rotatable bonds is 6. The standard InChI is InChI=1S/C24H27FN6O2/c1-32-22-21-18(16-2-3-19-20(12-16)30(11-9-25)15-26-19)6-10-31(21)29-23(28-22)27-17-4-7-24(8-5-17)13-33-14-24/h2-3,6,10,12,15,17H,4-5,7-9,11,13-14H2,1H3,(H,27,29). The molecule has 6 rings (SSSR count).